The number of carbonyl (C=O) groups excluding carboxylic acids is 1. The predicted octanol–water partition coefficient (Wildman–Crippen LogP) is 4.04. The number of thioether (sulfide) groups is 1. The summed E-state index contributed by atoms with van der Waals surface area (Å²) in [6.45, 7) is 5.16. The number of nitrogens with one attached hydrogen (secondary N) is 1. The van der Waals surface area contributed by atoms with Crippen molar-refractivity contribution in [3.8, 4) is 11.5 Å². The van der Waals surface area contributed by atoms with Crippen LogP contribution in [0.3, 0.4) is 0 Å². The maximum Gasteiger partial charge on any atom is 0.277 e. The summed E-state index contributed by atoms with van der Waals surface area (Å²) in [5.74, 6) is 3.03. The standard InChI is InChI=1S/C20H21N3O3S/c1-14-15(13-23-7-10-27-11-8-23)4-2-5-16(14)21-20(24)17-12-19(26-22-17)18-6-3-9-25-18/h2-6,9,12H,7-8,10-11,13H2,1H3,(H,21,24). The van der Waals surface area contributed by atoms with E-state index in [0.717, 1.165) is 30.9 Å². The van der Waals surface area contributed by atoms with Gasteiger partial charge in [-0.2, -0.15) is 11.8 Å². The Hall–Kier alpha value is -2.51. The fourth-order valence-electron chi connectivity index (χ4n) is 3.09. The molecule has 1 aromatic carbocycles. The van der Waals surface area contributed by atoms with Crippen LogP contribution in [0.4, 0.5) is 5.69 Å². The molecule has 1 saturated heterocycles. The molecule has 0 aliphatic carbocycles. The Labute approximate surface area is 161 Å². The van der Waals surface area contributed by atoms with E-state index in [-0.39, 0.29) is 11.6 Å². The van der Waals surface area contributed by atoms with Gasteiger partial charge in [-0.25, -0.2) is 0 Å². The Morgan fingerprint density at radius 2 is 2.07 bits per heavy atom. The second-order valence-corrected chi connectivity index (χ2v) is 7.71. The summed E-state index contributed by atoms with van der Waals surface area (Å²) in [7, 11) is 0. The van der Waals surface area contributed by atoms with Gasteiger partial charge in [0.25, 0.3) is 5.91 Å². The number of rotatable bonds is 5. The van der Waals surface area contributed by atoms with Crippen molar-refractivity contribution in [1.82, 2.24) is 10.1 Å². The van der Waals surface area contributed by atoms with Gasteiger partial charge in [0.05, 0.1) is 6.26 Å². The zero-order valence-corrected chi connectivity index (χ0v) is 15.9. The number of hydrogen-bond donors (Lipinski definition) is 1. The number of furan rings is 1. The van der Waals surface area contributed by atoms with Crippen LogP contribution in [-0.2, 0) is 6.54 Å². The zero-order valence-electron chi connectivity index (χ0n) is 15.1. The normalized spacial score (nSPS) is 15.0. The van der Waals surface area contributed by atoms with Crippen molar-refractivity contribution >= 4 is 23.4 Å². The Morgan fingerprint density at radius 1 is 1.22 bits per heavy atom. The van der Waals surface area contributed by atoms with Gasteiger partial charge in [0.1, 0.15) is 0 Å². The molecule has 0 atom stereocenters. The number of nitrogens with zero attached hydrogens (tertiary/aromatic N) is 2. The monoisotopic (exact) mass is 383 g/mol. The van der Waals surface area contributed by atoms with E-state index in [1.807, 2.05) is 30.8 Å². The summed E-state index contributed by atoms with van der Waals surface area (Å²) in [6.07, 6.45) is 1.55. The summed E-state index contributed by atoms with van der Waals surface area (Å²) >= 11 is 2.00. The van der Waals surface area contributed by atoms with E-state index in [1.54, 1.807) is 24.5 Å². The molecule has 0 bridgehead atoms. The fraction of sp³-hybridized carbons (Fsp3) is 0.300. The number of amides is 1. The molecule has 0 spiro atoms. The average molecular weight is 383 g/mol. The third kappa shape index (κ3) is 4.09. The maximum absolute atomic E-state index is 12.6. The van der Waals surface area contributed by atoms with Gasteiger partial charge < -0.3 is 14.3 Å². The van der Waals surface area contributed by atoms with Crippen molar-refractivity contribution < 1.29 is 13.7 Å². The zero-order chi connectivity index (χ0) is 18.6. The lowest BCUT2D eigenvalue weighted by Crippen LogP contribution is -2.32. The number of carbonyl (C=O) groups is 1. The van der Waals surface area contributed by atoms with E-state index in [1.165, 1.54) is 17.1 Å². The van der Waals surface area contributed by atoms with Crippen LogP contribution in [0.2, 0.25) is 0 Å². The van der Waals surface area contributed by atoms with Crippen molar-refractivity contribution in [1.29, 1.82) is 0 Å². The average Bonchev–Trinajstić information content (AvgIpc) is 3.37. The van der Waals surface area contributed by atoms with Gasteiger partial charge in [-0.15, -0.1) is 0 Å². The van der Waals surface area contributed by atoms with Gasteiger partial charge in [0.15, 0.2) is 11.5 Å². The minimum absolute atomic E-state index is 0.222. The van der Waals surface area contributed by atoms with Crippen LogP contribution in [0, 0.1) is 6.92 Å². The number of benzene rings is 1. The second kappa shape index (κ2) is 8.02. The van der Waals surface area contributed by atoms with Gasteiger partial charge in [0, 0.05) is 42.9 Å². The van der Waals surface area contributed by atoms with Gasteiger partial charge >= 0.3 is 0 Å². The van der Waals surface area contributed by atoms with Crippen LogP contribution in [0.1, 0.15) is 21.6 Å². The van der Waals surface area contributed by atoms with Crippen LogP contribution >= 0.6 is 11.8 Å². The number of hydrogen-bond acceptors (Lipinski definition) is 6. The molecule has 1 aliphatic heterocycles. The first-order valence-corrected chi connectivity index (χ1v) is 10.1. The van der Waals surface area contributed by atoms with Crippen molar-refractivity contribution in [2.75, 3.05) is 29.9 Å². The first kappa shape index (κ1) is 17.9. The van der Waals surface area contributed by atoms with Gasteiger partial charge in [-0.05, 0) is 36.2 Å². The lowest BCUT2D eigenvalue weighted by atomic mass is 10.1. The molecule has 1 aliphatic rings. The highest BCUT2D eigenvalue weighted by Crippen LogP contribution is 2.24. The largest absolute Gasteiger partial charge is 0.461 e. The molecule has 0 saturated carbocycles. The van der Waals surface area contributed by atoms with Crippen LogP contribution in [0.15, 0.2) is 51.6 Å². The molecule has 6 nitrogen and oxygen atoms in total. The number of anilines is 1. The molecular formula is C20H21N3O3S. The molecule has 1 N–H and O–H groups in total. The molecule has 3 heterocycles. The smallest absolute Gasteiger partial charge is 0.277 e. The molecule has 0 unspecified atom stereocenters. The third-order valence-electron chi connectivity index (χ3n) is 4.70. The molecule has 2 aromatic heterocycles. The molecule has 4 rings (SSSR count). The van der Waals surface area contributed by atoms with E-state index in [2.05, 4.69) is 21.4 Å². The van der Waals surface area contributed by atoms with Crippen molar-refractivity contribution in [2.24, 2.45) is 0 Å². The molecule has 1 fully saturated rings. The van der Waals surface area contributed by atoms with Crippen LogP contribution < -0.4 is 5.32 Å². The van der Waals surface area contributed by atoms with E-state index >= 15 is 0 Å². The summed E-state index contributed by atoms with van der Waals surface area (Å²) in [5.41, 5.74) is 3.33. The predicted molar refractivity (Wildman–Crippen MR) is 106 cm³/mol. The first-order chi connectivity index (χ1) is 13.2. The Bertz CT molecular complexity index is 914. The summed E-state index contributed by atoms with van der Waals surface area (Å²) in [5, 5.41) is 6.80. The van der Waals surface area contributed by atoms with Crippen LogP contribution in [0.5, 0.6) is 0 Å². The van der Waals surface area contributed by atoms with Crippen LogP contribution in [-0.4, -0.2) is 40.6 Å². The molecule has 3 aromatic rings. The number of aromatic nitrogens is 1. The topological polar surface area (TPSA) is 71.5 Å². The molecule has 7 heteroatoms. The first-order valence-electron chi connectivity index (χ1n) is 8.91. The summed E-state index contributed by atoms with van der Waals surface area (Å²) < 4.78 is 10.5. The Kier molecular flexibility index (Phi) is 5.31. The van der Waals surface area contributed by atoms with E-state index in [4.69, 9.17) is 8.94 Å². The van der Waals surface area contributed by atoms with Crippen molar-refractivity contribution in [3.05, 3.63) is 59.5 Å². The van der Waals surface area contributed by atoms with Gasteiger partial charge in [-0.3, -0.25) is 9.69 Å². The molecule has 0 radical (unpaired) electrons. The van der Waals surface area contributed by atoms with E-state index in [9.17, 15) is 4.79 Å². The molecule has 27 heavy (non-hydrogen) atoms. The minimum atomic E-state index is -0.300. The lowest BCUT2D eigenvalue weighted by molar-refractivity contribution is 0.101. The van der Waals surface area contributed by atoms with Gasteiger partial charge in [0.2, 0.25) is 5.76 Å². The lowest BCUT2D eigenvalue weighted by Gasteiger charge is -2.27. The summed E-state index contributed by atoms with van der Waals surface area (Å²) in [4.78, 5) is 15.0. The van der Waals surface area contributed by atoms with Crippen molar-refractivity contribution in [3.63, 3.8) is 0 Å². The highest BCUT2D eigenvalue weighted by atomic mass is 32.2. The highest BCUT2D eigenvalue weighted by Gasteiger charge is 2.17. The van der Waals surface area contributed by atoms with Crippen LogP contribution in [0.25, 0.3) is 11.5 Å². The van der Waals surface area contributed by atoms with E-state index < -0.39 is 0 Å². The molecular weight excluding hydrogens is 362 g/mol. The minimum Gasteiger partial charge on any atom is -0.461 e. The molecule has 1 amide bonds. The quantitative estimate of drug-likeness (QED) is 0.717. The summed E-state index contributed by atoms with van der Waals surface area (Å²) in [6, 6.07) is 11.1. The Morgan fingerprint density at radius 3 is 2.85 bits per heavy atom. The maximum atomic E-state index is 12.6. The van der Waals surface area contributed by atoms with Crippen molar-refractivity contribution in [2.45, 2.75) is 13.5 Å². The Balaban J connectivity index is 1.47. The van der Waals surface area contributed by atoms with Gasteiger partial charge in [-0.1, -0.05) is 17.3 Å². The third-order valence-corrected chi connectivity index (χ3v) is 5.64. The fourth-order valence-corrected chi connectivity index (χ4v) is 4.07. The highest BCUT2D eigenvalue weighted by molar-refractivity contribution is 7.99. The van der Waals surface area contributed by atoms with E-state index in [0.29, 0.717) is 11.5 Å². The second-order valence-electron chi connectivity index (χ2n) is 6.49. The SMILES string of the molecule is Cc1c(CN2CCSCC2)cccc1NC(=O)c1cc(-c2ccco2)on1. The molecule has 140 valence electrons.